The van der Waals surface area contributed by atoms with Crippen LogP contribution in [0.25, 0.3) is 0 Å². The molecule has 22 heavy (non-hydrogen) atoms. The zero-order chi connectivity index (χ0) is 15.0. The van der Waals surface area contributed by atoms with Crippen molar-refractivity contribution in [2.24, 2.45) is 11.3 Å². The third-order valence-corrected chi connectivity index (χ3v) is 5.18. The Balaban J connectivity index is 1.72. The number of hydrogen-bond acceptors (Lipinski definition) is 2. The first-order valence-corrected chi connectivity index (χ1v) is 8.19. The Morgan fingerprint density at radius 2 is 1.77 bits per heavy atom. The molecular weight excluding hydrogens is 272 g/mol. The van der Waals surface area contributed by atoms with E-state index in [1.54, 1.807) is 0 Å². The van der Waals surface area contributed by atoms with Gasteiger partial charge in [0.15, 0.2) is 0 Å². The first kappa shape index (κ1) is 14.0. The average Bonchev–Trinajstić information content (AvgIpc) is 3.19. The molecule has 4 rings (SSSR count). The summed E-state index contributed by atoms with van der Waals surface area (Å²) in [6.07, 6.45) is 1.47. The number of benzene rings is 2. The van der Waals surface area contributed by atoms with Crippen molar-refractivity contribution in [1.29, 1.82) is 0 Å². The van der Waals surface area contributed by atoms with Crippen LogP contribution in [0.2, 0.25) is 0 Å². The van der Waals surface area contributed by atoms with Crippen molar-refractivity contribution >= 4 is 0 Å². The van der Waals surface area contributed by atoms with Crippen LogP contribution in [0.3, 0.4) is 0 Å². The molecule has 0 radical (unpaired) electrons. The van der Waals surface area contributed by atoms with Gasteiger partial charge in [0.05, 0.1) is 18.8 Å². The second-order valence-corrected chi connectivity index (χ2v) is 6.38. The van der Waals surface area contributed by atoms with Crippen molar-refractivity contribution in [2.75, 3.05) is 13.2 Å². The molecule has 2 aromatic rings. The van der Waals surface area contributed by atoms with Crippen LogP contribution < -0.4 is 0 Å². The fraction of sp³-hybridized carbons (Fsp3) is 0.400. The molecule has 0 N–H and O–H groups in total. The molecule has 0 bridgehead atoms. The maximum absolute atomic E-state index is 6.23. The van der Waals surface area contributed by atoms with E-state index < -0.39 is 0 Å². The van der Waals surface area contributed by atoms with E-state index in [1.165, 1.54) is 17.5 Å². The van der Waals surface area contributed by atoms with E-state index in [0.717, 1.165) is 13.2 Å². The summed E-state index contributed by atoms with van der Waals surface area (Å²) in [6, 6.07) is 21.3. The highest BCUT2D eigenvalue weighted by Gasteiger charge is 2.68. The molecule has 0 spiro atoms. The summed E-state index contributed by atoms with van der Waals surface area (Å²) in [7, 11) is 0. The fourth-order valence-corrected chi connectivity index (χ4v) is 4.12. The second kappa shape index (κ2) is 5.53. The summed E-state index contributed by atoms with van der Waals surface area (Å²) in [5, 5.41) is 0. The van der Waals surface area contributed by atoms with Crippen molar-refractivity contribution in [2.45, 2.75) is 25.6 Å². The molecule has 0 unspecified atom stereocenters. The minimum absolute atomic E-state index is 0.110. The van der Waals surface area contributed by atoms with Gasteiger partial charge in [0.1, 0.15) is 0 Å². The minimum atomic E-state index is 0.110. The Morgan fingerprint density at radius 1 is 1.09 bits per heavy atom. The first-order valence-electron chi connectivity index (χ1n) is 8.19. The van der Waals surface area contributed by atoms with Crippen LogP contribution in [0.1, 0.15) is 36.7 Å². The van der Waals surface area contributed by atoms with Crippen LogP contribution in [0.15, 0.2) is 60.7 Å². The third-order valence-electron chi connectivity index (χ3n) is 5.18. The largest absolute Gasteiger partial charge is 0.373 e. The molecule has 1 saturated carbocycles. The molecule has 2 fully saturated rings. The van der Waals surface area contributed by atoms with Crippen LogP contribution >= 0.6 is 0 Å². The Morgan fingerprint density at radius 3 is 2.41 bits per heavy atom. The van der Waals surface area contributed by atoms with Gasteiger partial charge in [0, 0.05) is 12.0 Å². The van der Waals surface area contributed by atoms with Gasteiger partial charge in [-0.2, -0.15) is 0 Å². The van der Waals surface area contributed by atoms with Gasteiger partial charge in [-0.05, 0) is 30.4 Å². The van der Waals surface area contributed by atoms with Crippen LogP contribution in [-0.4, -0.2) is 13.2 Å². The summed E-state index contributed by atoms with van der Waals surface area (Å²) in [5.41, 5.74) is 2.67. The molecule has 4 atom stereocenters. The molecule has 2 heteroatoms. The lowest BCUT2D eigenvalue weighted by atomic mass is 9.83. The summed E-state index contributed by atoms with van der Waals surface area (Å²) >= 11 is 0. The van der Waals surface area contributed by atoms with Gasteiger partial charge in [0.25, 0.3) is 0 Å². The molecule has 1 heterocycles. The molecule has 2 aliphatic rings. The van der Waals surface area contributed by atoms with Crippen molar-refractivity contribution in [3.8, 4) is 0 Å². The van der Waals surface area contributed by atoms with Crippen LogP contribution in [0, 0.1) is 11.3 Å². The van der Waals surface area contributed by atoms with Crippen LogP contribution in [0.4, 0.5) is 0 Å². The third kappa shape index (κ3) is 2.10. The first-order chi connectivity index (χ1) is 10.9. The maximum Gasteiger partial charge on any atom is 0.0913 e. The maximum atomic E-state index is 6.23. The van der Waals surface area contributed by atoms with E-state index in [2.05, 4.69) is 67.6 Å². The van der Waals surface area contributed by atoms with Crippen LogP contribution in [-0.2, 0) is 9.47 Å². The normalized spacial score (nSPS) is 30.8. The van der Waals surface area contributed by atoms with Crippen LogP contribution in [0.5, 0.6) is 0 Å². The van der Waals surface area contributed by atoms with Crippen molar-refractivity contribution < 1.29 is 9.47 Å². The molecule has 0 amide bonds. The van der Waals surface area contributed by atoms with E-state index in [1.807, 2.05) is 0 Å². The highest BCUT2D eigenvalue weighted by Crippen LogP contribution is 2.72. The number of hydrogen-bond donors (Lipinski definition) is 0. The standard InChI is InChI=1S/C20H22O2/c1-2-21-18(15-9-5-3-6-10-15)20-13-17(20)14-22-19(20)16-11-7-4-8-12-16/h3-12,17-19H,2,13-14H2,1H3/t17-,18-,19+,20-/m1/s1. The summed E-state index contributed by atoms with van der Waals surface area (Å²) in [5.74, 6) is 0.620. The van der Waals surface area contributed by atoms with Crippen molar-refractivity contribution in [3.05, 3.63) is 71.8 Å². The average molecular weight is 294 g/mol. The van der Waals surface area contributed by atoms with E-state index in [0.29, 0.717) is 5.92 Å². The van der Waals surface area contributed by atoms with E-state index in [9.17, 15) is 0 Å². The Hall–Kier alpha value is -1.64. The smallest absolute Gasteiger partial charge is 0.0913 e. The van der Waals surface area contributed by atoms with Crippen molar-refractivity contribution in [1.82, 2.24) is 0 Å². The predicted molar refractivity (Wildman–Crippen MR) is 86.5 cm³/mol. The zero-order valence-corrected chi connectivity index (χ0v) is 12.9. The molecule has 1 saturated heterocycles. The molecule has 1 aliphatic carbocycles. The predicted octanol–water partition coefficient (Wildman–Crippen LogP) is 4.54. The lowest BCUT2D eigenvalue weighted by Gasteiger charge is -2.31. The summed E-state index contributed by atoms with van der Waals surface area (Å²) in [4.78, 5) is 0. The van der Waals surface area contributed by atoms with Gasteiger partial charge in [-0.1, -0.05) is 60.7 Å². The topological polar surface area (TPSA) is 18.5 Å². The second-order valence-electron chi connectivity index (χ2n) is 6.38. The van der Waals surface area contributed by atoms with Gasteiger partial charge in [-0.15, -0.1) is 0 Å². The quantitative estimate of drug-likeness (QED) is 0.806. The monoisotopic (exact) mass is 294 g/mol. The van der Waals surface area contributed by atoms with Gasteiger partial charge in [-0.3, -0.25) is 0 Å². The number of fused-ring (bicyclic) bond motifs is 1. The van der Waals surface area contributed by atoms with Gasteiger partial charge in [-0.25, -0.2) is 0 Å². The Kier molecular flexibility index (Phi) is 3.51. The fourth-order valence-electron chi connectivity index (χ4n) is 4.12. The number of rotatable bonds is 5. The molecular formula is C20H22O2. The summed E-state index contributed by atoms with van der Waals surface area (Å²) in [6.45, 7) is 3.67. The van der Waals surface area contributed by atoms with Crippen molar-refractivity contribution in [3.63, 3.8) is 0 Å². The summed E-state index contributed by atoms with van der Waals surface area (Å²) < 4.78 is 12.4. The lowest BCUT2D eigenvalue weighted by Crippen LogP contribution is -2.24. The molecule has 2 aromatic carbocycles. The molecule has 1 aliphatic heterocycles. The molecule has 114 valence electrons. The highest BCUT2D eigenvalue weighted by atomic mass is 16.5. The molecule has 0 aromatic heterocycles. The van der Waals surface area contributed by atoms with Gasteiger partial charge >= 0.3 is 0 Å². The minimum Gasteiger partial charge on any atom is -0.373 e. The number of ether oxygens (including phenoxy) is 2. The molecule has 2 nitrogen and oxygen atoms in total. The van der Waals surface area contributed by atoms with E-state index in [-0.39, 0.29) is 17.6 Å². The zero-order valence-electron chi connectivity index (χ0n) is 12.9. The van der Waals surface area contributed by atoms with Gasteiger partial charge in [0.2, 0.25) is 0 Å². The lowest BCUT2D eigenvalue weighted by molar-refractivity contribution is -0.0465. The van der Waals surface area contributed by atoms with E-state index in [4.69, 9.17) is 9.47 Å². The Labute approximate surface area is 132 Å². The Bertz CT molecular complexity index is 625. The highest BCUT2D eigenvalue weighted by molar-refractivity contribution is 5.32. The SMILES string of the molecule is CCO[C@H](c1ccccc1)[C@@]12C[C@@H]1CO[C@H]2c1ccccc1. The van der Waals surface area contributed by atoms with E-state index >= 15 is 0 Å². The van der Waals surface area contributed by atoms with Gasteiger partial charge < -0.3 is 9.47 Å².